The first kappa shape index (κ1) is 12.4. The smallest absolute Gasteiger partial charge is 0.291 e. The second-order valence-corrected chi connectivity index (χ2v) is 7.21. The molecule has 0 saturated carbocycles. The average Bonchev–Trinajstić information content (AvgIpc) is 2.96. The van der Waals surface area contributed by atoms with Crippen LogP contribution in [0.1, 0.15) is 17.5 Å². The fraction of sp³-hybridized carbons (Fsp3) is 0.273. The van der Waals surface area contributed by atoms with Crippen molar-refractivity contribution in [2.75, 3.05) is 10.5 Å². The lowest BCUT2D eigenvalue weighted by atomic mass is 10.1. The summed E-state index contributed by atoms with van der Waals surface area (Å²) in [7, 11) is -3.70. The number of aryl methyl sites for hydroxylation is 2. The molecule has 0 spiro atoms. The zero-order valence-corrected chi connectivity index (χ0v) is 11.6. The van der Waals surface area contributed by atoms with Crippen LogP contribution in [0.25, 0.3) is 0 Å². The summed E-state index contributed by atoms with van der Waals surface area (Å²) in [6, 6.07) is 5.62. The highest BCUT2D eigenvalue weighted by molar-refractivity contribution is 7.94. The van der Waals surface area contributed by atoms with E-state index in [0.29, 0.717) is 5.69 Å². The molecule has 0 fully saturated rings. The molecule has 1 heterocycles. The number of benzene rings is 1. The summed E-state index contributed by atoms with van der Waals surface area (Å²) in [5.74, 6) is 0. The van der Waals surface area contributed by atoms with Crippen molar-refractivity contribution >= 4 is 32.2 Å². The number of fused-ring (bicyclic) bond motifs is 1. The van der Waals surface area contributed by atoms with Gasteiger partial charge < -0.3 is 5.73 Å². The van der Waals surface area contributed by atoms with E-state index in [1.165, 1.54) is 11.1 Å². The molecule has 100 valence electrons. The molecule has 0 amide bonds. The third-order valence-corrected chi connectivity index (χ3v) is 5.50. The number of sulfonamides is 1. The van der Waals surface area contributed by atoms with E-state index in [9.17, 15) is 8.42 Å². The maximum absolute atomic E-state index is 12.1. The van der Waals surface area contributed by atoms with Gasteiger partial charge in [-0.2, -0.15) is 8.42 Å². The molecule has 0 bridgehead atoms. The zero-order valence-electron chi connectivity index (χ0n) is 9.96. The van der Waals surface area contributed by atoms with Gasteiger partial charge in [-0.05, 0) is 42.5 Å². The van der Waals surface area contributed by atoms with Crippen LogP contribution in [0.5, 0.6) is 0 Å². The largest absolute Gasteiger partial charge is 0.374 e. The molecule has 8 heteroatoms. The molecule has 0 atom stereocenters. The van der Waals surface area contributed by atoms with E-state index in [0.717, 1.165) is 30.6 Å². The number of nitrogens with two attached hydrogens (primary N) is 1. The molecule has 3 N–H and O–H groups in total. The summed E-state index contributed by atoms with van der Waals surface area (Å²) >= 11 is 0.844. The Kier molecular flexibility index (Phi) is 2.90. The van der Waals surface area contributed by atoms with Crippen LogP contribution in [-0.4, -0.2) is 18.6 Å². The summed E-state index contributed by atoms with van der Waals surface area (Å²) in [5, 5.41) is 7.19. The maximum Gasteiger partial charge on any atom is 0.291 e. The molecule has 3 rings (SSSR count). The number of aromatic nitrogens is 2. The van der Waals surface area contributed by atoms with Gasteiger partial charge in [0.15, 0.2) is 0 Å². The van der Waals surface area contributed by atoms with E-state index in [4.69, 9.17) is 5.73 Å². The molecular formula is C11H12N4O2S2. The molecule has 2 aromatic rings. The lowest BCUT2D eigenvalue weighted by Gasteiger charge is -2.07. The number of hydrogen-bond donors (Lipinski definition) is 2. The quantitative estimate of drug-likeness (QED) is 0.892. The summed E-state index contributed by atoms with van der Waals surface area (Å²) in [6.07, 6.45) is 3.18. The predicted molar refractivity (Wildman–Crippen MR) is 73.6 cm³/mol. The highest BCUT2D eigenvalue weighted by Crippen LogP contribution is 2.26. The topological polar surface area (TPSA) is 98.0 Å². The molecule has 1 aromatic carbocycles. The molecule has 6 nitrogen and oxygen atoms in total. The predicted octanol–water partition coefficient (Wildman–Crippen LogP) is 1.41. The molecule has 19 heavy (non-hydrogen) atoms. The lowest BCUT2D eigenvalue weighted by molar-refractivity contribution is 0.599. The van der Waals surface area contributed by atoms with Gasteiger partial charge in [0, 0.05) is 5.69 Å². The Morgan fingerprint density at radius 3 is 2.74 bits per heavy atom. The van der Waals surface area contributed by atoms with Gasteiger partial charge in [0.25, 0.3) is 14.4 Å². The SMILES string of the molecule is Nc1nnc(S(=O)(=O)Nc2ccc3c(c2)CCC3)s1. The van der Waals surface area contributed by atoms with Crippen LogP contribution in [-0.2, 0) is 22.9 Å². The standard InChI is InChI=1S/C11H12N4O2S2/c12-10-13-14-11(18-10)19(16,17)15-9-5-4-7-2-1-3-8(7)6-9/h4-6,15H,1-3H2,(H2,12,13). The van der Waals surface area contributed by atoms with Gasteiger partial charge in [0.1, 0.15) is 0 Å². The van der Waals surface area contributed by atoms with Crippen LogP contribution in [0.2, 0.25) is 0 Å². The second-order valence-electron chi connectivity index (χ2n) is 4.35. The molecule has 0 radical (unpaired) electrons. The summed E-state index contributed by atoms with van der Waals surface area (Å²) < 4.78 is 26.5. The van der Waals surface area contributed by atoms with Crippen molar-refractivity contribution in [3.05, 3.63) is 29.3 Å². The number of nitrogens with zero attached hydrogens (tertiary/aromatic N) is 2. The van der Waals surface area contributed by atoms with Crippen molar-refractivity contribution in [3.8, 4) is 0 Å². The zero-order chi connectivity index (χ0) is 13.5. The monoisotopic (exact) mass is 296 g/mol. The van der Waals surface area contributed by atoms with E-state index in [1.807, 2.05) is 12.1 Å². The Hall–Kier alpha value is -1.67. The van der Waals surface area contributed by atoms with Crippen LogP contribution in [0.3, 0.4) is 0 Å². The molecule has 1 aliphatic rings. The third kappa shape index (κ3) is 2.41. The van der Waals surface area contributed by atoms with Crippen LogP contribution in [0.15, 0.2) is 22.5 Å². The molecule has 0 unspecified atom stereocenters. The first-order valence-corrected chi connectivity index (χ1v) is 8.08. The van der Waals surface area contributed by atoms with Crippen molar-refractivity contribution in [1.82, 2.24) is 10.2 Å². The summed E-state index contributed by atoms with van der Waals surface area (Å²) in [4.78, 5) is 0. The molecule has 1 aromatic heterocycles. The molecule has 0 saturated heterocycles. The Bertz CT molecular complexity index is 724. The van der Waals surface area contributed by atoms with Crippen molar-refractivity contribution in [3.63, 3.8) is 0 Å². The average molecular weight is 296 g/mol. The van der Waals surface area contributed by atoms with Crippen LogP contribution in [0.4, 0.5) is 10.8 Å². The molecule has 0 aliphatic heterocycles. The number of anilines is 2. The highest BCUT2D eigenvalue weighted by Gasteiger charge is 2.20. The minimum atomic E-state index is -3.70. The van der Waals surface area contributed by atoms with Crippen molar-refractivity contribution in [2.24, 2.45) is 0 Å². The van der Waals surface area contributed by atoms with E-state index in [-0.39, 0.29) is 9.47 Å². The Morgan fingerprint density at radius 2 is 2.00 bits per heavy atom. The highest BCUT2D eigenvalue weighted by atomic mass is 32.2. The van der Waals surface area contributed by atoms with Crippen LogP contribution in [0, 0.1) is 0 Å². The van der Waals surface area contributed by atoms with E-state index >= 15 is 0 Å². The molecule has 1 aliphatic carbocycles. The van der Waals surface area contributed by atoms with Gasteiger partial charge in [-0.1, -0.05) is 17.4 Å². The van der Waals surface area contributed by atoms with E-state index < -0.39 is 10.0 Å². The Morgan fingerprint density at radius 1 is 1.21 bits per heavy atom. The van der Waals surface area contributed by atoms with Crippen molar-refractivity contribution in [2.45, 2.75) is 23.6 Å². The number of nitrogen functional groups attached to an aromatic ring is 1. The van der Waals surface area contributed by atoms with Crippen LogP contribution >= 0.6 is 11.3 Å². The number of rotatable bonds is 3. The van der Waals surface area contributed by atoms with Crippen molar-refractivity contribution in [1.29, 1.82) is 0 Å². The first-order valence-electron chi connectivity index (χ1n) is 5.78. The summed E-state index contributed by atoms with van der Waals surface area (Å²) in [5.41, 5.74) is 8.45. The maximum atomic E-state index is 12.1. The van der Waals surface area contributed by atoms with Crippen LogP contribution < -0.4 is 10.5 Å². The summed E-state index contributed by atoms with van der Waals surface area (Å²) in [6.45, 7) is 0. The van der Waals surface area contributed by atoms with Gasteiger partial charge in [-0.3, -0.25) is 4.72 Å². The second kappa shape index (κ2) is 4.46. The lowest BCUT2D eigenvalue weighted by Crippen LogP contribution is -2.12. The van der Waals surface area contributed by atoms with E-state index in [1.54, 1.807) is 6.07 Å². The minimum absolute atomic E-state index is 0.120. The van der Waals surface area contributed by atoms with Gasteiger partial charge in [-0.25, -0.2) is 0 Å². The van der Waals surface area contributed by atoms with Gasteiger partial charge in [0.05, 0.1) is 0 Å². The fourth-order valence-corrected chi connectivity index (χ4v) is 4.00. The molecular weight excluding hydrogens is 284 g/mol. The van der Waals surface area contributed by atoms with Gasteiger partial charge in [-0.15, -0.1) is 10.2 Å². The minimum Gasteiger partial charge on any atom is -0.374 e. The first-order chi connectivity index (χ1) is 9.04. The normalized spacial score (nSPS) is 14.3. The fourth-order valence-electron chi connectivity index (χ4n) is 2.16. The Labute approximate surface area is 114 Å². The van der Waals surface area contributed by atoms with E-state index in [2.05, 4.69) is 14.9 Å². The number of nitrogens with one attached hydrogen (secondary N) is 1. The van der Waals surface area contributed by atoms with Crippen molar-refractivity contribution < 1.29 is 8.42 Å². The Balaban J connectivity index is 1.89. The van der Waals surface area contributed by atoms with Gasteiger partial charge >= 0.3 is 0 Å². The third-order valence-electron chi connectivity index (χ3n) is 3.00. The van der Waals surface area contributed by atoms with Gasteiger partial charge in [0.2, 0.25) is 5.13 Å². The number of hydrogen-bond acceptors (Lipinski definition) is 6.